The van der Waals surface area contributed by atoms with Gasteiger partial charge in [-0.3, -0.25) is 4.79 Å². The number of allylic oxidation sites excluding steroid dienone is 5. The fourth-order valence-electron chi connectivity index (χ4n) is 6.50. The molecule has 288 valence electrons. The van der Waals surface area contributed by atoms with Gasteiger partial charge in [0.15, 0.2) is 0 Å². The van der Waals surface area contributed by atoms with E-state index < -0.39 is 12.1 Å². The summed E-state index contributed by atoms with van der Waals surface area (Å²) < 4.78 is 0. The summed E-state index contributed by atoms with van der Waals surface area (Å²) in [5.74, 6) is -0.0772. The van der Waals surface area contributed by atoms with Gasteiger partial charge in [-0.1, -0.05) is 204 Å². The van der Waals surface area contributed by atoms with Crippen LogP contribution < -0.4 is 5.32 Å². The zero-order chi connectivity index (χ0) is 35.7. The smallest absolute Gasteiger partial charge is 0.220 e. The summed E-state index contributed by atoms with van der Waals surface area (Å²) in [6.45, 7) is 4.29. The van der Waals surface area contributed by atoms with Crippen molar-refractivity contribution < 1.29 is 15.0 Å². The van der Waals surface area contributed by atoms with Gasteiger partial charge in [-0.25, -0.2) is 0 Å². The standard InChI is InChI=1S/C45H85NO3/c1-3-5-7-9-11-13-15-17-19-21-22-23-24-25-26-28-30-32-34-36-38-40-44(48)43(42-47)46-45(49)41-39-37-35-33-31-29-27-20-18-16-14-12-10-8-6-4-2/h14,16,20,27,38,40,43-44,47-48H,3-13,15,17-19,21-26,28-37,39,41-42H2,1-2H3,(H,46,49)/b16-14-,27-20-,40-38+. The minimum Gasteiger partial charge on any atom is -0.394 e. The molecule has 49 heavy (non-hydrogen) atoms. The highest BCUT2D eigenvalue weighted by Crippen LogP contribution is 2.15. The Morgan fingerprint density at radius 2 is 0.837 bits per heavy atom. The highest BCUT2D eigenvalue weighted by molar-refractivity contribution is 5.76. The summed E-state index contributed by atoms with van der Waals surface area (Å²) in [5, 5.41) is 23.0. The van der Waals surface area contributed by atoms with E-state index in [9.17, 15) is 15.0 Å². The van der Waals surface area contributed by atoms with Gasteiger partial charge in [-0.05, 0) is 51.4 Å². The van der Waals surface area contributed by atoms with Gasteiger partial charge >= 0.3 is 0 Å². The molecule has 0 rings (SSSR count). The Kier molecular flexibility index (Phi) is 39.9. The van der Waals surface area contributed by atoms with Gasteiger partial charge in [0.05, 0.1) is 18.8 Å². The number of unbranched alkanes of at least 4 members (excludes halogenated alkanes) is 28. The summed E-state index contributed by atoms with van der Waals surface area (Å²) >= 11 is 0. The number of hydrogen-bond acceptors (Lipinski definition) is 3. The Labute approximate surface area is 306 Å². The minimum atomic E-state index is -0.844. The zero-order valence-corrected chi connectivity index (χ0v) is 33.0. The Balaban J connectivity index is 3.58. The first-order chi connectivity index (χ1) is 24.2. The predicted molar refractivity (Wildman–Crippen MR) is 216 cm³/mol. The summed E-state index contributed by atoms with van der Waals surface area (Å²) in [6, 6.07) is -0.628. The SMILES string of the molecule is CCCCCC/C=C\C/C=C\CCCCCCCC(=O)NC(CO)C(O)/C=C/CCCCCCCCCCCCCCCCCCCCC. The zero-order valence-electron chi connectivity index (χ0n) is 33.0. The molecular formula is C45H85NO3. The fraction of sp³-hybridized carbons (Fsp3) is 0.844. The van der Waals surface area contributed by atoms with Crippen LogP contribution in [0.1, 0.15) is 226 Å². The minimum absolute atomic E-state index is 0.0772. The first kappa shape index (κ1) is 47.6. The van der Waals surface area contributed by atoms with E-state index in [4.69, 9.17) is 0 Å². The van der Waals surface area contributed by atoms with Crippen LogP contribution >= 0.6 is 0 Å². The number of aliphatic hydroxyl groups is 2. The Morgan fingerprint density at radius 3 is 1.24 bits per heavy atom. The van der Waals surface area contributed by atoms with Gasteiger partial charge in [-0.2, -0.15) is 0 Å². The van der Waals surface area contributed by atoms with Crippen LogP contribution in [0.3, 0.4) is 0 Å². The largest absolute Gasteiger partial charge is 0.394 e. The van der Waals surface area contributed by atoms with Crippen molar-refractivity contribution >= 4 is 5.91 Å². The van der Waals surface area contributed by atoms with Crippen LogP contribution in [-0.4, -0.2) is 34.9 Å². The number of rotatable bonds is 39. The Bertz CT molecular complexity index is 746. The lowest BCUT2D eigenvalue weighted by molar-refractivity contribution is -0.123. The average molecular weight is 688 g/mol. The molecule has 0 aromatic heterocycles. The van der Waals surface area contributed by atoms with Crippen LogP contribution in [-0.2, 0) is 4.79 Å². The van der Waals surface area contributed by atoms with E-state index in [1.807, 2.05) is 6.08 Å². The molecule has 0 radical (unpaired) electrons. The highest BCUT2D eigenvalue weighted by atomic mass is 16.3. The van der Waals surface area contributed by atoms with Crippen molar-refractivity contribution in [1.29, 1.82) is 0 Å². The van der Waals surface area contributed by atoms with Gasteiger partial charge in [0.2, 0.25) is 5.91 Å². The third kappa shape index (κ3) is 37.7. The van der Waals surface area contributed by atoms with Crippen molar-refractivity contribution in [2.24, 2.45) is 0 Å². The molecular weight excluding hydrogens is 602 g/mol. The topological polar surface area (TPSA) is 69.6 Å². The molecule has 0 aliphatic heterocycles. The van der Waals surface area contributed by atoms with Crippen LogP contribution in [0.15, 0.2) is 36.5 Å². The number of carbonyl (C=O) groups excluding carboxylic acids is 1. The Morgan fingerprint density at radius 1 is 0.490 bits per heavy atom. The summed E-state index contributed by atoms with van der Waals surface area (Å²) in [4.78, 5) is 12.4. The maximum Gasteiger partial charge on any atom is 0.220 e. The van der Waals surface area contributed by atoms with Crippen LogP contribution in [0, 0.1) is 0 Å². The summed E-state index contributed by atoms with van der Waals surface area (Å²) in [7, 11) is 0. The van der Waals surface area contributed by atoms with Crippen molar-refractivity contribution in [3.05, 3.63) is 36.5 Å². The highest BCUT2D eigenvalue weighted by Gasteiger charge is 2.17. The molecule has 0 fully saturated rings. The lowest BCUT2D eigenvalue weighted by Crippen LogP contribution is -2.45. The van der Waals surface area contributed by atoms with E-state index in [0.29, 0.717) is 6.42 Å². The summed E-state index contributed by atoms with van der Waals surface area (Å²) in [5.41, 5.74) is 0. The van der Waals surface area contributed by atoms with Crippen molar-refractivity contribution in [2.45, 2.75) is 238 Å². The second-order valence-corrected chi connectivity index (χ2v) is 14.8. The Hall–Kier alpha value is -1.39. The van der Waals surface area contributed by atoms with Gasteiger partial charge in [0.1, 0.15) is 0 Å². The number of carbonyl (C=O) groups is 1. The molecule has 0 bridgehead atoms. The quantitative estimate of drug-likeness (QED) is 0.0445. The molecule has 0 aliphatic rings. The first-order valence-corrected chi connectivity index (χ1v) is 21.7. The van der Waals surface area contributed by atoms with Gasteiger partial charge in [-0.15, -0.1) is 0 Å². The van der Waals surface area contributed by atoms with E-state index >= 15 is 0 Å². The van der Waals surface area contributed by atoms with Crippen molar-refractivity contribution in [3.63, 3.8) is 0 Å². The maximum absolute atomic E-state index is 12.4. The predicted octanol–water partition coefficient (Wildman–Crippen LogP) is 13.4. The molecule has 0 spiro atoms. The normalized spacial score (nSPS) is 13.3. The molecule has 0 aromatic rings. The van der Waals surface area contributed by atoms with Crippen molar-refractivity contribution in [1.82, 2.24) is 5.32 Å². The second kappa shape index (κ2) is 41.0. The molecule has 2 atom stereocenters. The molecule has 4 heteroatoms. The van der Waals surface area contributed by atoms with Crippen LogP contribution in [0.25, 0.3) is 0 Å². The molecule has 0 saturated heterocycles. The number of aliphatic hydroxyl groups excluding tert-OH is 2. The van der Waals surface area contributed by atoms with Gasteiger partial charge < -0.3 is 15.5 Å². The lowest BCUT2D eigenvalue weighted by Gasteiger charge is -2.20. The number of nitrogens with one attached hydrogen (secondary N) is 1. The second-order valence-electron chi connectivity index (χ2n) is 14.8. The molecule has 0 aliphatic carbocycles. The van der Waals surface area contributed by atoms with Crippen molar-refractivity contribution in [3.8, 4) is 0 Å². The third-order valence-electron chi connectivity index (χ3n) is 9.87. The molecule has 0 aromatic carbocycles. The van der Waals surface area contributed by atoms with Crippen LogP contribution in [0.4, 0.5) is 0 Å². The number of hydrogen-bond donors (Lipinski definition) is 3. The van der Waals surface area contributed by atoms with E-state index in [1.54, 1.807) is 6.08 Å². The van der Waals surface area contributed by atoms with Crippen LogP contribution in [0.5, 0.6) is 0 Å². The van der Waals surface area contributed by atoms with Crippen LogP contribution in [0.2, 0.25) is 0 Å². The average Bonchev–Trinajstić information content (AvgIpc) is 3.10. The number of amides is 1. The van der Waals surface area contributed by atoms with Gasteiger partial charge in [0.25, 0.3) is 0 Å². The fourth-order valence-corrected chi connectivity index (χ4v) is 6.50. The van der Waals surface area contributed by atoms with Crippen molar-refractivity contribution in [2.75, 3.05) is 6.61 Å². The summed E-state index contributed by atoms with van der Waals surface area (Å²) in [6.07, 6.45) is 53.9. The maximum atomic E-state index is 12.4. The first-order valence-electron chi connectivity index (χ1n) is 21.7. The lowest BCUT2D eigenvalue weighted by atomic mass is 10.0. The molecule has 1 amide bonds. The molecule has 0 saturated carbocycles. The molecule has 3 N–H and O–H groups in total. The van der Waals surface area contributed by atoms with E-state index in [-0.39, 0.29) is 12.5 Å². The monoisotopic (exact) mass is 688 g/mol. The van der Waals surface area contributed by atoms with E-state index in [0.717, 1.165) is 44.9 Å². The third-order valence-corrected chi connectivity index (χ3v) is 9.87. The molecule has 0 heterocycles. The van der Waals surface area contributed by atoms with E-state index in [1.165, 1.54) is 161 Å². The van der Waals surface area contributed by atoms with E-state index in [2.05, 4.69) is 43.5 Å². The molecule has 4 nitrogen and oxygen atoms in total. The molecule has 2 unspecified atom stereocenters. The van der Waals surface area contributed by atoms with Gasteiger partial charge in [0, 0.05) is 6.42 Å².